The lowest BCUT2D eigenvalue weighted by Gasteiger charge is -2.15. The van der Waals surface area contributed by atoms with E-state index in [0.29, 0.717) is 17.0 Å². The summed E-state index contributed by atoms with van der Waals surface area (Å²) in [5, 5.41) is 9.25. The summed E-state index contributed by atoms with van der Waals surface area (Å²) in [5.41, 5.74) is 1.16. The van der Waals surface area contributed by atoms with Gasteiger partial charge in [-0.25, -0.2) is 4.98 Å². The zero-order valence-corrected chi connectivity index (χ0v) is 13.7. The quantitative estimate of drug-likeness (QED) is 0.700. The molecule has 10 heteroatoms. The molecule has 0 amide bonds. The van der Waals surface area contributed by atoms with E-state index in [2.05, 4.69) is 36.3 Å². The van der Waals surface area contributed by atoms with Gasteiger partial charge in [0.2, 0.25) is 0 Å². The van der Waals surface area contributed by atoms with Gasteiger partial charge in [-0.1, -0.05) is 21.1 Å². The smallest absolute Gasteiger partial charge is 0.453 e. The number of H-pyrrole nitrogens is 1. The molecular formula is C14H10BrF3N4O2. The molecule has 0 fully saturated rings. The molecule has 0 bridgehead atoms. The maximum Gasteiger partial charge on any atom is 0.453 e. The van der Waals surface area contributed by atoms with Crippen LogP contribution in [0, 0.1) is 0 Å². The van der Waals surface area contributed by atoms with E-state index < -0.39 is 18.1 Å². The monoisotopic (exact) mass is 402 g/mol. The molecular weight excluding hydrogens is 393 g/mol. The van der Waals surface area contributed by atoms with E-state index in [0.717, 1.165) is 4.47 Å². The Balaban J connectivity index is 1.87. The summed E-state index contributed by atoms with van der Waals surface area (Å²) in [7, 11) is 0. The van der Waals surface area contributed by atoms with Crippen LogP contribution in [0.2, 0.25) is 0 Å². The van der Waals surface area contributed by atoms with Crippen LogP contribution in [-0.2, 0) is 6.18 Å². The van der Waals surface area contributed by atoms with E-state index in [-0.39, 0.29) is 5.82 Å². The van der Waals surface area contributed by atoms with Gasteiger partial charge in [-0.3, -0.25) is 5.10 Å². The van der Waals surface area contributed by atoms with Crippen molar-refractivity contribution in [3.8, 4) is 17.0 Å². The van der Waals surface area contributed by atoms with E-state index in [9.17, 15) is 13.2 Å². The highest BCUT2D eigenvalue weighted by Gasteiger charge is 2.36. The Morgan fingerprint density at radius 3 is 2.71 bits per heavy atom. The summed E-state index contributed by atoms with van der Waals surface area (Å²) in [5.74, 6) is -0.846. The van der Waals surface area contributed by atoms with Gasteiger partial charge < -0.3 is 9.26 Å². The number of alkyl halides is 3. The Morgan fingerprint density at radius 1 is 1.29 bits per heavy atom. The number of hydrogen-bond acceptors (Lipinski definition) is 5. The molecule has 1 atom stereocenters. The van der Waals surface area contributed by atoms with Crippen LogP contribution in [0.15, 0.2) is 39.5 Å². The van der Waals surface area contributed by atoms with Gasteiger partial charge in [0.05, 0.1) is 0 Å². The predicted octanol–water partition coefficient (Wildman–Crippen LogP) is 4.38. The molecule has 1 unspecified atom stereocenters. The lowest BCUT2D eigenvalue weighted by molar-refractivity contribution is -0.144. The number of nitrogens with one attached hydrogen (secondary N) is 1. The highest BCUT2D eigenvalue weighted by atomic mass is 79.9. The SMILES string of the molecule is CC(Oc1ccc(Br)cc1-c1ccon1)c1nc(C(F)(F)F)n[nH]1. The maximum absolute atomic E-state index is 12.6. The number of nitrogens with zero attached hydrogens (tertiary/aromatic N) is 3. The van der Waals surface area contributed by atoms with Crippen molar-refractivity contribution in [3.05, 3.63) is 46.7 Å². The van der Waals surface area contributed by atoms with Gasteiger partial charge in [-0.15, -0.1) is 5.10 Å². The van der Waals surface area contributed by atoms with Crippen molar-refractivity contribution in [2.75, 3.05) is 0 Å². The first-order chi connectivity index (χ1) is 11.3. The summed E-state index contributed by atoms with van der Waals surface area (Å²) in [6.07, 6.45) is -3.98. The van der Waals surface area contributed by atoms with Crippen LogP contribution in [0.3, 0.4) is 0 Å². The molecule has 24 heavy (non-hydrogen) atoms. The van der Waals surface area contributed by atoms with Crippen molar-refractivity contribution < 1.29 is 22.4 Å². The first kappa shape index (κ1) is 16.5. The molecule has 3 rings (SSSR count). The molecule has 2 heterocycles. The maximum atomic E-state index is 12.6. The second-order valence-electron chi connectivity index (χ2n) is 4.83. The average Bonchev–Trinajstić information content (AvgIpc) is 3.19. The molecule has 0 radical (unpaired) electrons. The summed E-state index contributed by atoms with van der Waals surface area (Å²) >= 11 is 3.35. The molecule has 0 spiro atoms. The fourth-order valence-electron chi connectivity index (χ4n) is 1.99. The summed E-state index contributed by atoms with van der Waals surface area (Å²) in [4.78, 5) is 3.43. The lowest BCUT2D eigenvalue weighted by Crippen LogP contribution is -2.09. The van der Waals surface area contributed by atoms with Gasteiger partial charge >= 0.3 is 6.18 Å². The third-order valence-corrected chi connectivity index (χ3v) is 3.59. The van der Waals surface area contributed by atoms with Crippen LogP contribution in [-0.4, -0.2) is 20.3 Å². The molecule has 6 nitrogen and oxygen atoms in total. The largest absolute Gasteiger partial charge is 0.482 e. The third kappa shape index (κ3) is 3.42. The van der Waals surface area contributed by atoms with Crippen molar-refractivity contribution in [1.82, 2.24) is 20.3 Å². The Morgan fingerprint density at radius 2 is 2.08 bits per heavy atom. The molecule has 2 aromatic heterocycles. The number of aromatic amines is 1. The Bertz CT molecular complexity index is 833. The first-order valence-corrected chi connectivity index (χ1v) is 7.50. The summed E-state index contributed by atoms with van der Waals surface area (Å²) in [6.45, 7) is 1.56. The fourth-order valence-corrected chi connectivity index (χ4v) is 2.35. The highest BCUT2D eigenvalue weighted by Crippen LogP contribution is 2.34. The molecule has 0 saturated heterocycles. The zero-order valence-electron chi connectivity index (χ0n) is 12.1. The molecule has 0 aliphatic heterocycles. The van der Waals surface area contributed by atoms with Crippen LogP contribution < -0.4 is 4.74 Å². The van der Waals surface area contributed by atoms with Crippen LogP contribution in [0.1, 0.15) is 24.7 Å². The number of benzene rings is 1. The van der Waals surface area contributed by atoms with Crippen LogP contribution in [0.25, 0.3) is 11.3 Å². The fraction of sp³-hybridized carbons (Fsp3) is 0.214. The van der Waals surface area contributed by atoms with Gasteiger partial charge in [0, 0.05) is 16.1 Å². The Labute approximate surface area is 142 Å². The molecule has 1 N–H and O–H groups in total. The molecule has 1 aromatic carbocycles. The van der Waals surface area contributed by atoms with E-state index in [1.807, 2.05) is 0 Å². The van der Waals surface area contributed by atoms with Crippen LogP contribution in [0.4, 0.5) is 13.2 Å². The number of hydrogen-bond donors (Lipinski definition) is 1. The minimum Gasteiger partial charge on any atom is -0.482 e. The second kappa shape index (κ2) is 6.27. The van der Waals surface area contributed by atoms with Gasteiger partial charge in [-0.05, 0) is 25.1 Å². The van der Waals surface area contributed by atoms with E-state index in [1.165, 1.54) is 6.26 Å². The van der Waals surface area contributed by atoms with Crippen molar-refractivity contribution in [2.45, 2.75) is 19.2 Å². The van der Waals surface area contributed by atoms with Crippen molar-refractivity contribution in [3.63, 3.8) is 0 Å². The molecule has 0 aliphatic carbocycles. The highest BCUT2D eigenvalue weighted by molar-refractivity contribution is 9.10. The van der Waals surface area contributed by atoms with Crippen molar-refractivity contribution >= 4 is 15.9 Å². The zero-order chi connectivity index (χ0) is 17.3. The third-order valence-electron chi connectivity index (χ3n) is 3.10. The molecule has 0 aliphatic rings. The number of rotatable bonds is 4. The van der Waals surface area contributed by atoms with E-state index in [1.54, 1.807) is 31.2 Å². The predicted molar refractivity (Wildman–Crippen MR) is 80.1 cm³/mol. The second-order valence-corrected chi connectivity index (χ2v) is 5.74. The number of halogens is 4. The minimum atomic E-state index is -4.61. The molecule has 3 aromatic rings. The normalized spacial score (nSPS) is 13.0. The Hall–Kier alpha value is -2.36. The Kier molecular flexibility index (Phi) is 4.31. The standard InChI is InChI=1S/C14H10BrF3N4O2/c1-7(12-19-13(21-20-12)14(16,17)18)24-11-3-2-8(15)6-9(11)10-4-5-23-22-10/h2-7H,1H3,(H,19,20,21). The summed E-state index contributed by atoms with van der Waals surface area (Å²) < 4.78 is 49.1. The lowest BCUT2D eigenvalue weighted by atomic mass is 10.1. The number of ether oxygens (including phenoxy) is 1. The topological polar surface area (TPSA) is 76.8 Å². The van der Waals surface area contributed by atoms with Gasteiger partial charge in [0.15, 0.2) is 11.9 Å². The van der Waals surface area contributed by atoms with Crippen molar-refractivity contribution in [1.29, 1.82) is 0 Å². The van der Waals surface area contributed by atoms with Crippen molar-refractivity contribution in [2.24, 2.45) is 0 Å². The van der Waals surface area contributed by atoms with E-state index in [4.69, 9.17) is 9.26 Å². The van der Waals surface area contributed by atoms with Gasteiger partial charge in [-0.2, -0.15) is 13.2 Å². The van der Waals surface area contributed by atoms with Gasteiger partial charge in [0.25, 0.3) is 5.82 Å². The summed E-state index contributed by atoms with van der Waals surface area (Å²) in [6, 6.07) is 6.83. The van der Waals surface area contributed by atoms with Gasteiger partial charge in [0.1, 0.15) is 17.7 Å². The minimum absolute atomic E-state index is 0.0312. The average molecular weight is 403 g/mol. The molecule has 126 valence electrons. The molecule has 0 saturated carbocycles. The number of aromatic nitrogens is 4. The van der Waals surface area contributed by atoms with Crippen LogP contribution in [0.5, 0.6) is 5.75 Å². The van der Waals surface area contributed by atoms with E-state index >= 15 is 0 Å². The first-order valence-electron chi connectivity index (χ1n) is 6.71. The van der Waals surface area contributed by atoms with Crippen LogP contribution >= 0.6 is 15.9 Å².